The Kier molecular flexibility index (Phi) is 1.85. The normalized spacial score (nSPS) is 9.75. The molecule has 1 aromatic heterocycles. The minimum atomic E-state index is 0.451. The van der Waals surface area contributed by atoms with Crippen molar-refractivity contribution in [3.63, 3.8) is 0 Å². The maximum Gasteiger partial charge on any atom is 0.257 e. The zero-order valence-corrected chi connectivity index (χ0v) is 6.25. The lowest BCUT2D eigenvalue weighted by molar-refractivity contribution is 0.524. The zero-order valence-electron chi connectivity index (χ0n) is 4.10. The second kappa shape index (κ2) is 2.45. The summed E-state index contributed by atoms with van der Waals surface area (Å²) in [6.45, 7) is 0.451. The lowest BCUT2D eigenvalue weighted by Gasteiger charge is -1.77. The first-order chi connectivity index (χ1) is 3.83. The van der Waals surface area contributed by atoms with Crippen LogP contribution in [0.4, 0.5) is 0 Å². The van der Waals surface area contributed by atoms with Gasteiger partial charge < -0.3 is 10.2 Å². The molecule has 0 bridgehead atoms. The molecule has 0 spiro atoms. The fourth-order valence-corrected chi connectivity index (χ4v) is 0.813. The highest BCUT2D eigenvalue weighted by atomic mass is 127. The molecule has 1 heterocycles. The van der Waals surface area contributed by atoms with Crippen molar-refractivity contribution in [2.75, 3.05) is 0 Å². The number of nitrogens with two attached hydrogens (primary N) is 1. The number of hydrogen-bond donors (Lipinski definition) is 1. The van der Waals surface area contributed by atoms with E-state index in [-0.39, 0.29) is 0 Å². The first kappa shape index (κ1) is 6.03. The van der Waals surface area contributed by atoms with Crippen LogP contribution in [-0.2, 0) is 6.54 Å². The van der Waals surface area contributed by atoms with Crippen LogP contribution in [0.25, 0.3) is 0 Å². The third kappa shape index (κ3) is 1.19. The Morgan fingerprint density at radius 2 is 2.62 bits per heavy atom. The van der Waals surface area contributed by atoms with Crippen LogP contribution in [0, 0.1) is 3.90 Å². The summed E-state index contributed by atoms with van der Waals surface area (Å²) in [5, 5.41) is 0. The number of hydrogen-bond acceptors (Lipinski definition) is 3. The fourth-order valence-electron chi connectivity index (χ4n) is 0.376. The molecule has 4 heteroatoms. The van der Waals surface area contributed by atoms with Crippen LogP contribution in [0.15, 0.2) is 10.7 Å². The van der Waals surface area contributed by atoms with Gasteiger partial charge in [-0.1, -0.05) is 0 Å². The summed E-state index contributed by atoms with van der Waals surface area (Å²) in [6, 6.07) is 0. The predicted octanol–water partition coefficient (Wildman–Crippen LogP) is 0.738. The zero-order chi connectivity index (χ0) is 5.98. The van der Waals surface area contributed by atoms with Crippen molar-refractivity contribution < 1.29 is 4.42 Å². The smallest absolute Gasteiger partial charge is 0.257 e. The van der Waals surface area contributed by atoms with Gasteiger partial charge in [-0.15, -0.1) is 0 Å². The van der Waals surface area contributed by atoms with Crippen molar-refractivity contribution in [1.29, 1.82) is 0 Å². The highest BCUT2D eigenvalue weighted by Gasteiger charge is 1.94. The molecule has 8 heavy (non-hydrogen) atoms. The molecule has 0 amide bonds. The van der Waals surface area contributed by atoms with Crippen molar-refractivity contribution in [2.24, 2.45) is 5.73 Å². The second-order valence-corrected chi connectivity index (χ2v) is 2.22. The molecule has 0 saturated carbocycles. The number of nitrogens with zero attached hydrogens (tertiary/aromatic N) is 1. The Hall–Kier alpha value is -0.100. The van der Waals surface area contributed by atoms with E-state index in [1.807, 2.05) is 22.6 Å². The molecule has 0 unspecified atom stereocenters. The largest absolute Gasteiger partial charge is 0.440 e. The lowest BCUT2D eigenvalue weighted by Crippen LogP contribution is -1.95. The highest BCUT2D eigenvalue weighted by molar-refractivity contribution is 14.1. The monoisotopic (exact) mass is 224 g/mol. The maximum atomic E-state index is 5.24. The van der Waals surface area contributed by atoms with Crippen molar-refractivity contribution in [2.45, 2.75) is 6.54 Å². The predicted molar refractivity (Wildman–Crippen MR) is 37.1 cm³/mol. The van der Waals surface area contributed by atoms with Gasteiger partial charge in [0.05, 0.1) is 5.69 Å². The molecular weight excluding hydrogens is 219 g/mol. The summed E-state index contributed by atoms with van der Waals surface area (Å²) >= 11 is 1.99. The number of rotatable bonds is 1. The molecule has 3 nitrogen and oxygen atoms in total. The number of halogens is 1. The highest BCUT2D eigenvalue weighted by Crippen LogP contribution is 2.02. The van der Waals surface area contributed by atoms with Crippen LogP contribution >= 0.6 is 22.6 Å². The van der Waals surface area contributed by atoms with E-state index in [1.165, 1.54) is 0 Å². The molecule has 0 aliphatic heterocycles. The van der Waals surface area contributed by atoms with Crippen molar-refractivity contribution in [1.82, 2.24) is 4.98 Å². The first-order valence-corrected chi connectivity index (χ1v) is 3.21. The Labute approximate surface area is 60.4 Å². The summed E-state index contributed by atoms with van der Waals surface area (Å²) in [5.41, 5.74) is 6.04. The van der Waals surface area contributed by atoms with Gasteiger partial charge in [-0.3, -0.25) is 0 Å². The van der Waals surface area contributed by atoms with E-state index in [4.69, 9.17) is 10.2 Å². The lowest BCUT2D eigenvalue weighted by atomic mass is 10.5. The van der Waals surface area contributed by atoms with Crippen LogP contribution < -0.4 is 5.73 Å². The molecule has 0 radical (unpaired) electrons. The number of oxazole rings is 1. The van der Waals surface area contributed by atoms with E-state index in [0.717, 1.165) is 5.69 Å². The topological polar surface area (TPSA) is 52.0 Å². The molecule has 0 aromatic carbocycles. The molecule has 0 aliphatic rings. The van der Waals surface area contributed by atoms with Gasteiger partial charge in [-0.25, -0.2) is 4.98 Å². The van der Waals surface area contributed by atoms with Crippen LogP contribution in [0.3, 0.4) is 0 Å². The molecule has 1 rings (SSSR count). The quantitative estimate of drug-likeness (QED) is 0.715. The van der Waals surface area contributed by atoms with Crippen molar-refractivity contribution >= 4 is 22.6 Å². The Balaban J connectivity index is 2.84. The Bertz CT molecular complexity index is 174. The van der Waals surface area contributed by atoms with Crippen LogP contribution in [0.1, 0.15) is 5.69 Å². The Morgan fingerprint density at radius 1 is 1.88 bits per heavy atom. The fraction of sp³-hybridized carbons (Fsp3) is 0.250. The van der Waals surface area contributed by atoms with E-state index in [2.05, 4.69) is 4.98 Å². The first-order valence-electron chi connectivity index (χ1n) is 2.13. The van der Waals surface area contributed by atoms with Gasteiger partial charge in [0, 0.05) is 29.1 Å². The molecule has 0 saturated heterocycles. The molecule has 2 N–H and O–H groups in total. The second-order valence-electron chi connectivity index (χ2n) is 1.30. The van der Waals surface area contributed by atoms with E-state index in [1.54, 1.807) is 6.26 Å². The van der Waals surface area contributed by atoms with Crippen LogP contribution in [-0.4, -0.2) is 4.98 Å². The van der Waals surface area contributed by atoms with E-state index in [0.29, 0.717) is 10.4 Å². The summed E-state index contributed by atoms with van der Waals surface area (Å²) in [4.78, 5) is 3.92. The van der Waals surface area contributed by atoms with Crippen molar-refractivity contribution in [3.05, 3.63) is 15.9 Å². The standard InChI is InChI=1S/C4H5IN2O/c5-4-7-3(1-6)2-8-4/h2H,1,6H2. The summed E-state index contributed by atoms with van der Waals surface area (Å²) in [7, 11) is 0. The van der Waals surface area contributed by atoms with Crippen molar-refractivity contribution in [3.8, 4) is 0 Å². The summed E-state index contributed by atoms with van der Waals surface area (Å²) in [5.74, 6) is 0. The molecule has 0 aliphatic carbocycles. The van der Waals surface area contributed by atoms with Crippen LogP contribution in [0.2, 0.25) is 0 Å². The summed E-state index contributed by atoms with van der Waals surface area (Å²) < 4.78 is 5.49. The van der Waals surface area contributed by atoms with Gasteiger partial charge in [0.2, 0.25) is 0 Å². The molecule has 1 aromatic rings. The molecule has 0 fully saturated rings. The molecular formula is C4H5IN2O. The van der Waals surface area contributed by atoms with Gasteiger partial charge in [0.1, 0.15) is 6.26 Å². The minimum absolute atomic E-state index is 0.451. The SMILES string of the molecule is NCc1coc(I)n1. The average molecular weight is 224 g/mol. The van der Waals surface area contributed by atoms with E-state index in [9.17, 15) is 0 Å². The van der Waals surface area contributed by atoms with E-state index < -0.39 is 0 Å². The third-order valence-corrected chi connectivity index (χ3v) is 1.23. The van der Waals surface area contributed by atoms with Crippen LogP contribution in [0.5, 0.6) is 0 Å². The van der Waals surface area contributed by atoms with Gasteiger partial charge in [-0.05, 0) is 0 Å². The van der Waals surface area contributed by atoms with Gasteiger partial charge in [0.25, 0.3) is 3.90 Å². The summed E-state index contributed by atoms with van der Waals surface area (Å²) in [6.07, 6.45) is 1.56. The molecule has 0 atom stereocenters. The Morgan fingerprint density at radius 3 is 2.88 bits per heavy atom. The minimum Gasteiger partial charge on any atom is -0.440 e. The van der Waals surface area contributed by atoms with Gasteiger partial charge >= 0.3 is 0 Å². The maximum absolute atomic E-state index is 5.24. The number of aromatic nitrogens is 1. The molecule has 44 valence electrons. The average Bonchev–Trinajstić information content (AvgIpc) is 2.14. The van der Waals surface area contributed by atoms with Gasteiger partial charge in [-0.2, -0.15) is 0 Å². The van der Waals surface area contributed by atoms with E-state index >= 15 is 0 Å². The van der Waals surface area contributed by atoms with Gasteiger partial charge in [0.15, 0.2) is 0 Å². The third-order valence-electron chi connectivity index (χ3n) is 0.733.